The van der Waals surface area contributed by atoms with E-state index in [9.17, 15) is 0 Å². The van der Waals surface area contributed by atoms with Gasteiger partial charge in [0.25, 0.3) is 0 Å². The Bertz CT molecular complexity index is 169. The molecule has 0 radical (unpaired) electrons. The molecular formula is C6H7BrNZn. The molecule has 0 bridgehead atoms. The molecule has 0 unspecified atom stereocenters. The first kappa shape index (κ1) is 9.25. The number of hydrogen-bond acceptors (Lipinski definition) is 1. The number of halogens is 1. The number of hydrogen-bond donors (Lipinski definition) is 0. The predicted molar refractivity (Wildman–Crippen MR) is 38.9 cm³/mol. The summed E-state index contributed by atoms with van der Waals surface area (Å²) < 4.78 is 1.24. The van der Waals surface area contributed by atoms with E-state index in [1.54, 1.807) is 0 Å². The second-order valence-electron chi connectivity index (χ2n) is 1.77. The van der Waals surface area contributed by atoms with Gasteiger partial charge >= 0.3 is 58.4 Å². The molecule has 0 aromatic carbocycles. The van der Waals surface area contributed by atoms with E-state index in [2.05, 4.69) is 18.0 Å². The first-order valence-electron chi connectivity index (χ1n) is 2.54. The number of nitrogens with zero attached hydrogens (tertiary/aromatic N) is 1. The number of aryl methyl sites for hydroxylation is 1. The SMILES string of the molecule is Br.Cc1cccn[c]1[Zn]. The summed E-state index contributed by atoms with van der Waals surface area (Å²) in [6.07, 6.45) is 1.84. The van der Waals surface area contributed by atoms with Gasteiger partial charge in [0.2, 0.25) is 0 Å². The average molecular weight is 238 g/mol. The fourth-order valence-electron chi connectivity index (χ4n) is 0.518. The van der Waals surface area contributed by atoms with Gasteiger partial charge < -0.3 is 0 Å². The molecule has 45 valence electrons. The van der Waals surface area contributed by atoms with Crippen LogP contribution in [0.15, 0.2) is 18.3 Å². The molecule has 0 saturated heterocycles. The molecule has 1 aromatic rings. The molecule has 0 fully saturated rings. The van der Waals surface area contributed by atoms with Crippen molar-refractivity contribution in [1.82, 2.24) is 4.98 Å². The van der Waals surface area contributed by atoms with E-state index >= 15 is 0 Å². The molecule has 0 aliphatic heterocycles. The van der Waals surface area contributed by atoms with E-state index in [1.807, 2.05) is 12.3 Å². The fraction of sp³-hybridized carbons (Fsp3) is 0.167. The standard InChI is InChI=1S/C6H6N.BrH.Zn/c1-6-3-2-4-7-5-6;;/h2-4H,1H3;1H;. The second-order valence-corrected chi connectivity index (χ2v) is 3.17. The molecule has 0 saturated carbocycles. The zero-order valence-electron chi connectivity index (χ0n) is 5.29. The van der Waals surface area contributed by atoms with Crippen molar-refractivity contribution in [1.29, 1.82) is 0 Å². The Kier molecular flexibility index (Phi) is 4.25. The quantitative estimate of drug-likeness (QED) is 0.618. The van der Waals surface area contributed by atoms with Crippen LogP contribution in [0.25, 0.3) is 0 Å². The Morgan fingerprint density at radius 3 is 2.56 bits per heavy atom. The molecule has 3 heteroatoms. The third kappa shape index (κ3) is 2.55. The van der Waals surface area contributed by atoms with Crippen molar-refractivity contribution in [3.8, 4) is 0 Å². The fourth-order valence-corrected chi connectivity index (χ4v) is 0.987. The van der Waals surface area contributed by atoms with Crippen molar-refractivity contribution in [3.63, 3.8) is 0 Å². The molecule has 0 amide bonds. The van der Waals surface area contributed by atoms with Gasteiger partial charge in [-0.1, -0.05) is 0 Å². The zero-order valence-corrected chi connectivity index (χ0v) is 9.97. The first-order chi connectivity index (χ1) is 3.80. The van der Waals surface area contributed by atoms with Gasteiger partial charge in [0.15, 0.2) is 0 Å². The number of pyridine rings is 1. The molecule has 1 nitrogen and oxygen atoms in total. The number of rotatable bonds is 0. The van der Waals surface area contributed by atoms with Crippen molar-refractivity contribution in [2.24, 2.45) is 0 Å². The van der Waals surface area contributed by atoms with Crippen LogP contribution in [0.5, 0.6) is 0 Å². The van der Waals surface area contributed by atoms with E-state index in [0.717, 1.165) is 18.3 Å². The Labute approximate surface area is 75.3 Å². The molecule has 0 N–H and O–H groups in total. The summed E-state index contributed by atoms with van der Waals surface area (Å²) in [6.45, 7) is 2.09. The van der Waals surface area contributed by atoms with Crippen molar-refractivity contribution >= 4 is 21.3 Å². The van der Waals surface area contributed by atoms with Crippen LogP contribution in [-0.2, 0) is 18.3 Å². The van der Waals surface area contributed by atoms with Crippen LogP contribution >= 0.6 is 17.0 Å². The van der Waals surface area contributed by atoms with Crippen LogP contribution in [0, 0.1) is 6.92 Å². The zero-order chi connectivity index (χ0) is 5.98. The van der Waals surface area contributed by atoms with Crippen molar-refractivity contribution in [2.45, 2.75) is 6.92 Å². The first-order valence-corrected chi connectivity index (χ1v) is 4.02. The van der Waals surface area contributed by atoms with Gasteiger partial charge in [0.05, 0.1) is 0 Å². The van der Waals surface area contributed by atoms with Crippen molar-refractivity contribution in [3.05, 3.63) is 23.9 Å². The van der Waals surface area contributed by atoms with E-state index in [4.69, 9.17) is 0 Å². The summed E-state index contributed by atoms with van der Waals surface area (Å²) in [6, 6.07) is 4.06. The molecule has 1 rings (SSSR count). The van der Waals surface area contributed by atoms with E-state index in [-0.39, 0.29) is 17.0 Å². The van der Waals surface area contributed by atoms with Crippen LogP contribution in [0.2, 0.25) is 0 Å². The van der Waals surface area contributed by atoms with Crippen LogP contribution in [-0.4, -0.2) is 4.98 Å². The van der Waals surface area contributed by atoms with Crippen molar-refractivity contribution < 1.29 is 18.3 Å². The second kappa shape index (κ2) is 4.13. The van der Waals surface area contributed by atoms with Crippen LogP contribution < -0.4 is 4.29 Å². The molecule has 0 atom stereocenters. The van der Waals surface area contributed by atoms with Gasteiger partial charge in [-0.05, 0) is 0 Å². The summed E-state index contributed by atoms with van der Waals surface area (Å²) in [7, 11) is 0. The van der Waals surface area contributed by atoms with Gasteiger partial charge in [-0.15, -0.1) is 17.0 Å². The molecule has 9 heavy (non-hydrogen) atoms. The van der Waals surface area contributed by atoms with Crippen LogP contribution in [0.3, 0.4) is 0 Å². The minimum absolute atomic E-state index is 0. The Morgan fingerprint density at radius 1 is 1.56 bits per heavy atom. The molecular weight excluding hydrogens is 231 g/mol. The van der Waals surface area contributed by atoms with Crippen LogP contribution in [0.1, 0.15) is 5.56 Å². The normalized spacial score (nSPS) is 8.33. The van der Waals surface area contributed by atoms with Gasteiger partial charge in [0.1, 0.15) is 0 Å². The predicted octanol–water partition coefficient (Wildman–Crippen LogP) is 1.14. The number of aromatic nitrogens is 1. The molecule has 1 heterocycles. The third-order valence-electron chi connectivity index (χ3n) is 1.12. The summed E-state index contributed by atoms with van der Waals surface area (Å²) in [5.41, 5.74) is 1.31. The van der Waals surface area contributed by atoms with Gasteiger partial charge in [-0.3, -0.25) is 0 Å². The Morgan fingerprint density at radius 2 is 2.22 bits per heavy atom. The molecule has 0 aliphatic carbocycles. The molecule has 1 aromatic heterocycles. The Hall–Kier alpha value is 0.253. The molecule has 0 aliphatic rings. The minimum atomic E-state index is 0. The third-order valence-corrected chi connectivity index (χ3v) is 2.67. The van der Waals surface area contributed by atoms with E-state index in [1.165, 1.54) is 9.85 Å². The summed E-state index contributed by atoms with van der Waals surface area (Å²) in [4.78, 5) is 4.13. The monoisotopic (exact) mass is 236 g/mol. The van der Waals surface area contributed by atoms with Gasteiger partial charge in [-0.2, -0.15) is 0 Å². The maximum atomic E-state index is 4.13. The van der Waals surface area contributed by atoms with E-state index in [0.29, 0.717) is 0 Å². The average Bonchev–Trinajstić information content (AvgIpc) is 1.77. The van der Waals surface area contributed by atoms with Crippen LogP contribution in [0.4, 0.5) is 0 Å². The van der Waals surface area contributed by atoms with Gasteiger partial charge in [-0.25, -0.2) is 0 Å². The topological polar surface area (TPSA) is 12.9 Å². The van der Waals surface area contributed by atoms with Crippen molar-refractivity contribution in [2.75, 3.05) is 0 Å². The van der Waals surface area contributed by atoms with E-state index < -0.39 is 0 Å². The van der Waals surface area contributed by atoms with Gasteiger partial charge in [0, 0.05) is 0 Å². The molecule has 0 spiro atoms. The summed E-state index contributed by atoms with van der Waals surface area (Å²) in [5.74, 6) is 0. The summed E-state index contributed by atoms with van der Waals surface area (Å²) in [5, 5.41) is 0. The maximum absolute atomic E-state index is 4.13. The Balaban J connectivity index is 0.000000640. The summed E-state index contributed by atoms with van der Waals surface area (Å²) >= 11 is 1.16.